The highest BCUT2D eigenvalue weighted by molar-refractivity contribution is 5.41. The third-order valence-electron chi connectivity index (χ3n) is 3.06. The van der Waals surface area contributed by atoms with E-state index in [1.165, 1.54) is 0 Å². The van der Waals surface area contributed by atoms with Crippen molar-refractivity contribution in [3.05, 3.63) is 72.3 Å². The molecular formula is C16H16N4. The van der Waals surface area contributed by atoms with Crippen LogP contribution in [0.1, 0.15) is 11.3 Å². The van der Waals surface area contributed by atoms with Crippen molar-refractivity contribution in [2.75, 3.05) is 5.32 Å². The Kier molecular flexibility index (Phi) is 3.46. The van der Waals surface area contributed by atoms with Gasteiger partial charge in [-0.15, -0.1) is 0 Å². The number of benzene rings is 1. The van der Waals surface area contributed by atoms with E-state index in [9.17, 15) is 0 Å². The van der Waals surface area contributed by atoms with Crippen molar-refractivity contribution in [2.24, 2.45) is 0 Å². The normalized spacial score (nSPS) is 10.4. The number of pyridine rings is 1. The Morgan fingerprint density at radius 2 is 1.90 bits per heavy atom. The summed E-state index contributed by atoms with van der Waals surface area (Å²) in [7, 11) is 0. The number of hydrogen-bond acceptors (Lipinski definition) is 3. The Balaban J connectivity index is 1.67. The number of anilines is 1. The minimum atomic E-state index is 0.734. The first-order chi connectivity index (χ1) is 9.81. The molecule has 3 aromatic rings. The minimum absolute atomic E-state index is 0.734. The lowest BCUT2D eigenvalue weighted by molar-refractivity contribution is 0.880. The molecule has 0 radical (unpaired) electrons. The number of hydrogen-bond donors (Lipinski definition) is 1. The second-order valence-electron chi connectivity index (χ2n) is 4.67. The number of aryl methyl sites for hydroxylation is 1. The van der Waals surface area contributed by atoms with Crippen LogP contribution in [0.3, 0.4) is 0 Å². The molecular weight excluding hydrogens is 248 g/mol. The van der Waals surface area contributed by atoms with Crippen LogP contribution in [0, 0.1) is 6.92 Å². The zero-order chi connectivity index (χ0) is 13.8. The van der Waals surface area contributed by atoms with Gasteiger partial charge in [0.25, 0.3) is 0 Å². The molecule has 100 valence electrons. The summed E-state index contributed by atoms with van der Waals surface area (Å²) in [6.07, 6.45) is 5.75. The monoisotopic (exact) mass is 264 g/mol. The molecule has 0 fully saturated rings. The first kappa shape index (κ1) is 12.4. The highest BCUT2D eigenvalue weighted by Crippen LogP contribution is 2.10. The van der Waals surface area contributed by atoms with E-state index in [4.69, 9.17) is 0 Å². The number of aromatic nitrogens is 3. The molecule has 0 unspecified atom stereocenters. The molecule has 2 aromatic heterocycles. The molecule has 1 N–H and O–H groups in total. The van der Waals surface area contributed by atoms with E-state index in [0.29, 0.717) is 0 Å². The van der Waals surface area contributed by atoms with Crippen molar-refractivity contribution in [3.63, 3.8) is 0 Å². The molecule has 0 aliphatic rings. The maximum Gasteiger partial charge on any atom is 0.0645 e. The molecule has 4 nitrogen and oxygen atoms in total. The summed E-state index contributed by atoms with van der Waals surface area (Å²) in [5.74, 6) is 0. The van der Waals surface area contributed by atoms with E-state index in [0.717, 1.165) is 29.2 Å². The second-order valence-corrected chi connectivity index (χ2v) is 4.67. The molecule has 1 aromatic carbocycles. The second kappa shape index (κ2) is 5.57. The molecule has 0 atom stereocenters. The number of nitrogens with zero attached hydrogens (tertiary/aromatic N) is 3. The zero-order valence-corrected chi connectivity index (χ0v) is 11.3. The Labute approximate surface area is 118 Å². The fourth-order valence-corrected chi connectivity index (χ4v) is 1.95. The number of nitrogens with one attached hydrogen (secondary N) is 1. The average Bonchev–Trinajstić information content (AvgIpc) is 2.97. The molecule has 4 heteroatoms. The molecule has 0 aliphatic carbocycles. The van der Waals surface area contributed by atoms with Crippen LogP contribution < -0.4 is 5.32 Å². The molecule has 0 spiro atoms. The number of para-hydroxylation sites is 1. The molecule has 0 bridgehead atoms. The van der Waals surface area contributed by atoms with Crippen molar-refractivity contribution in [1.82, 2.24) is 14.8 Å². The standard InChI is InChI=1S/C16H16N4/c1-13-7-8-15(11-17-13)18-9-14-10-19-20(12-14)16-5-3-2-4-6-16/h2-8,10-12,18H,9H2,1H3. The van der Waals surface area contributed by atoms with Gasteiger partial charge in [0, 0.05) is 24.0 Å². The van der Waals surface area contributed by atoms with Gasteiger partial charge in [0.1, 0.15) is 0 Å². The first-order valence-electron chi connectivity index (χ1n) is 6.57. The van der Waals surface area contributed by atoms with E-state index in [1.807, 2.05) is 72.7 Å². The summed E-state index contributed by atoms with van der Waals surface area (Å²) in [5, 5.41) is 7.71. The summed E-state index contributed by atoms with van der Waals surface area (Å²) in [5.41, 5.74) is 4.24. The lowest BCUT2D eigenvalue weighted by atomic mass is 10.3. The van der Waals surface area contributed by atoms with E-state index < -0.39 is 0 Å². The van der Waals surface area contributed by atoms with E-state index in [-0.39, 0.29) is 0 Å². The highest BCUT2D eigenvalue weighted by Gasteiger charge is 2.00. The predicted octanol–water partition coefficient (Wildman–Crippen LogP) is 3.19. The number of rotatable bonds is 4. The maximum atomic E-state index is 4.37. The topological polar surface area (TPSA) is 42.7 Å². The largest absolute Gasteiger partial charge is 0.380 e. The Morgan fingerprint density at radius 1 is 1.05 bits per heavy atom. The van der Waals surface area contributed by atoms with Crippen LogP contribution in [-0.4, -0.2) is 14.8 Å². The van der Waals surface area contributed by atoms with Crippen LogP contribution >= 0.6 is 0 Å². The molecule has 0 aliphatic heterocycles. The summed E-state index contributed by atoms with van der Waals surface area (Å²) in [4.78, 5) is 4.26. The lowest BCUT2D eigenvalue weighted by Gasteiger charge is -2.04. The first-order valence-corrected chi connectivity index (χ1v) is 6.57. The fraction of sp³-hybridized carbons (Fsp3) is 0.125. The molecule has 0 saturated carbocycles. The molecule has 0 amide bonds. The van der Waals surface area contributed by atoms with Crippen molar-refractivity contribution in [3.8, 4) is 5.69 Å². The third-order valence-corrected chi connectivity index (χ3v) is 3.06. The summed E-state index contributed by atoms with van der Waals surface area (Å²) >= 11 is 0. The van der Waals surface area contributed by atoms with Gasteiger partial charge in [-0.2, -0.15) is 5.10 Å². The van der Waals surface area contributed by atoms with Crippen LogP contribution in [0.15, 0.2) is 61.1 Å². The van der Waals surface area contributed by atoms with Crippen LogP contribution in [0.5, 0.6) is 0 Å². The van der Waals surface area contributed by atoms with Crippen molar-refractivity contribution in [1.29, 1.82) is 0 Å². The van der Waals surface area contributed by atoms with Gasteiger partial charge in [-0.3, -0.25) is 4.98 Å². The van der Waals surface area contributed by atoms with Crippen molar-refractivity contribution >= 4 is 5.69 Å². The van der Waals surface area contributed by atoms with Crippen LogP contribution in [0.25, 0.3) is 5.69 Å². The van der Waals surface area contributed by atoms with Crippen LogP contribution in [0.4, 0.5) is 5.69 Å². The van der Waals surface area contributed by atoms with Gasteiger partial charge in [-0.05, 0) is 31.2 Å². The summed E-state index contributed by atoms with van der Waals surface area (Å²) in [6, 6.07) is 14.1. The highest BCUT2D eigenvalue weighted by atomic mass is 15.3. The van der Waals surface area contributed by atoms with Crippen molar-refractivity contribution < 1.29 is 0 Å². The van der Waals surface area contributed by atoms with Gasteiger partial charge >= 0.3 is 0 Å². The third kappa shape index (κ3) is 2.85. The molecule has 20 heavy (non-hydrogen) atoms. The quantitative estimate of drug-likeness (QED) is 0.787. The van der Waals surface area contributed by atoms with Gasteiger partial charge in [-0.1, -0.05) is 18.2 Å². The van der Waals surface area contributed by atoms with Crippen LogP contribution in [-0.2, 0) is 6.54 Å². The van der Waals surface area contributed by atoms with E-state index in [2.05, 4.69) is 15.4 Å². The van der Waals surface area contributed by atoms with Gasteiger partial charge in [0.05, 0.1) is 23.8 Å². The van der Waals surface area contributed by atoms with Gasteiger partial charge in [0.2, 0.25) is 0 Å². The summed E-state index contributed by atoms with van der Waals surface area (Å²) < 4.78 is 1.88. The van der Waals surface area contributed by atoms with E-state index in [1.54, 1.807) is 0 Å². The lowest BCUT2D eigenvalue weighted by Crippen LogP contribution is -1.99. The average molecular weight is 264 g/mol. The zero-order valence-electron chi connectivity index (χ0n) is 11.3. The van der Waals surface area contributed by atoms with Crippen LogP contribution in [0.2, 0.25) is 0 Å². The van der Waals surface area contributed by atoms with Gasteiger partial charge in [0.15, 0.2) is 0 Å². The van der Waals surface area contributed by atoms with Crippen molar-refractivity contribution in [2.45, 2.75) is 13.5 Å². The predicted molar refractivity (Wildman–Crippen MR) is 79.9 cm³/mol. The Hall–Kier alpha value is -2.62. The fourth-order valence-electron chi connectivity index (χ4n) is 1.95. The van der Waals surface area contributed by atoms with Gasteiger partial charge in [-0.25, -0.2) is 4.68 Å². The molecule has 2 heterocycles. The SMILES string of the molecule is Cc1ccc(NCc2cnn(-c3ccccc3)c2)cn1. The maximum absolute atomic E-state index is 4.37. The smallest absolute Gasteiger partial charge is 0.0645 e. The van der Waals surface area contributed by atoms with E-state index >= 15 is 0 Å². The Morgan fingerprint density at radius 3 is 2.65 bits per heavy atom. The van der Waals surface area contributed by atoms with Gasteiger partial charge < -0.3 is 5.32 Å². The molecule has 0 saturated heterocycles. The molecule has 3 rings (SSSR count). The summed E-state index contributed by atoms with van der Waals surface area (Å²) in [6.45, 7) is 2.71. The Bertz CT molecular complexity index is 671. The minimum Gasteiger partial charge on any atom is -0.380 e.